The molecule has 4 nitrogen and oxygen atoms in total. The van der Waals surface area contributed by atoms with Gasteiger partial charge in [0.15, 0.2) is 0 Å². The van der Waals surface area contributed by atoms with Crippen molar-refractivity contribution in [3.63, 3.8) is 0 Å². The monoisotopic (exact) mass is 342 g/mol. The van der Waals surface area contributed by atoms with Gasteiger partial charge in [0.25, 0.3) is 0 Å². The van der Waals surface area contributed by atoms with Crippen LogP contribution < -0.4 is 5.32 Å². The van der Waals surface area contributed by atoms with Gasteiger partial charge in [0, 0.05) is 30.9 Å². The smallest absolute Gasteiger partial charge is 0.243 e. The average molecular weight is 343 g/mol. The van der Waals surface area contributed by atoms with E-state index in [0.29, 0.717) is 24.0 Å². The van der Waals surface area contributed by atoms with Crippen LogP contribution in [0, 0.1) is 0 Å². The third-order valence-electron chi connectivity index (χ3n) is 4.14. The molecule has 1 heterocycles. The van der Waals surface area contributed by atoms with Gasteiger partial charge in [0.2, 0.25) is 10.0 Å². The Morgan fingerprint density at radius 3 is 2.41 bits per heavy atom. The van der Waals surface area contributed by atoms with Gasteiger partial charge in [0.05, 0.1) is 4.90 Å². The molecule has 1 aromatic rings. The normalized spacial score (nSPS) is 20.5. The highest BCUT2D eigenvalue weighted by Gasteiger charge is 2.22. The number of hydrogen-bond donors (Lipinski definition) is 1. The molecule has 0 aromatic heterocycles. The molecule has 6 heteroatoms. The summed E-state index contributed by atoms with van der Waals surface area (Å²) in [5.74, 6) is 2.39. The van der Waals surface area contributed by atoms with E-state index in [1.165, 1.54) is 22.2 Å². The summed E-state index contributed by atoms with van der Waals surface area (Å²) >= 11 is 1.99. The lowest BCUT2D eigenvalue weighted by atomic mass is 10.1. The number of benzene rings is 1. The molecule has 1 aromatic carbocycles. The molecule has 0 amide bonds. The largest absolute Gasteiger partial charge is 0.307 e. The van der Waals surface area contributed by atoms with Crippen molar-refractivity contribution in [1.82, 2.24) is 9.62 Å². The van der Waals surface area contributed by atoms with Crippen LogP contribution >= 0.6 is 11.8 Å². The summed E-state index contributed by atoms with van der Waals surface area (Å²) in [5, 5.41) is 3.62. The van der Waals surface area contributed by atoms with Gasteiger partial charge in [-0.1, -0.05) is 26.0 Å². The van der Waals surface area contributed by atoms with Gasteiger partial charge < -0.3 is 5.32 Å². The minimum absolute atomic E-state index is 0.244. The van der Waals surface area contributed by atoms with E-state index in [1.807, 2.05) is 37.7 Å². The maximum Gasteiger partial charge on any atom is 0.243 e. The van der Waals surface area contributed by atoms with Gasteiger partial charge in [-0.15, -0.1) is 0 Å². The molecule has 1 aliphatic rings. The van der Waals surface area contributed by atoms with Crippen LogP contribution in [-0.2, 0) is 10.0 Å². The predicted molar refractivity (Wildman–Crippen MR) is 93.8 cm³/mol. The van der Waals surface area contributed by atoms with E-state index in [1.54, 1.807) is 12.1 Å². The molecule has 2 unspecified atom stereocenters. The minimum atomic E-state index is -3.36. The van der Waals surface area contributed by atoms with Crippen molar-refractivity contribution in [3.8, 4) is 0 Å². The van der Waals surface area contributed by atoms with E-state index in [9.17, 15) is 8.42 Å². The van der Waals surface area contributed by atoms with Crippen molar-refractivity contribution in [2.24, 2.45) is 0 Å². The molecular weight excluding hydrogens is 316 g/mol. The lowest BCUT2D eigenvalue weighted by Crippen LogP contribution is -2.31. The Bertz CT molecular complexity index is 562. The van der Waals surface area contributed by atoms with Crippen LogP contribution in [0.25, 0.3) is 0 Å². The summed E-state index contributed by atoms with van der Waals surface area (Å²) < 4.78 is 26.4. The molecule has 124 valence electrons. The van der Waals surface area contributed by atoms with Crippen molar-refractivity contribution in [1.29, 1.82) is 0 Å². The highest BCUT2D eigenvalue weighted by Crippen LogP contribution is 2.23. The lowest BCUT2D eigenvalue weighted by Gasteiger charge is -2.21. The quantitative estimate of drug-likeness (QED) is 0.828. The van der Waals surface area contributed by atoms with Crippen LogP contribution in [0.3, 0.4) is 0 Å². The molecule has 0 spiro atoms. The fraction of sp³-hybridized carbons (Fsp3) is 0.625. The molecule has 1 saturated heterocycles. The number of sulfonamides is 1. The minimum Gasteiger partial charge on any atom is -0.307 e. The zero-order valence-corrected chi connectivity index (χ0v) is 15.2. The Balaban J connectivity index is 2.09. The maximum absolute atomic E-state index is 12.5. The first-order chi connectivity index (χ1) is 10.5. The van der Waals surface area contributed by atoms with Gasteiger partial charge in [-0.05, 0) is 36.8 Å². The number of nitrogens with one attached hydrogen (secondary N) is 1. The SMILES string of the molecule is CCN(CC)S(=O)(=O)c1ccc(C(C)NC2CCSC2)cc1. The molecule has 0 saturated carbocycles. The molecule has 0 bridgehead atoms. The van der Waals surface area contributed by atoms with Crippen molar-refractivity contribution in [2.75, 3.05) is 24.6 Å². The molecule has 2 rings (SSSR count). The summed E-state index contributed by atoms with van der Waals surface area (Å²) in [6.45, 7) is 6.86. The molecular formula is C16H26N2O2S2. The van der Waals surface area contributed by atoms with Gasteiger partial charge in [-0.25, -0.2) is 8.42 Å². The van der Waals surface area contributed by atoms with Crippen molar-refractivity contribution in [2.45, 2.75) is 44.2 Å². The van der Waals surface area contributed by atoms with Crippen LogP contribution in [0.5, 0.6) is 0 Å². The Morgan fingerprint density at radius 1 is 1.27 bits per heavy atom. The first-order valence-electron chi connectivity index (χ1n) is 7.93. The second kappa shape index (κ2) is 7.81. The summed E-state index contributed by atoms with van der Waals surface area (Å²) in [7, 11) is -3.36. The van der Waals surface area contributed by atoms with Gasteiger partial charge in [-0.2, -0.15) is 16.1 Å². The van der Waals surface area contributed by atoms with Gasteiger partial charge in [-0.3, -0.25) is 0 Å². The molecule has 2 atom stereocenters. The fourth-order valence-electron chi connectivity index (χ4n) is 2.76. The van der Waals surface area contributed by atoms with Crippen LogP contribution in [0.1, 0.15) is 38.8 Å². The van der Waals surface area contributed by atoms with Crippen molar-refractivity contribution >= 4 is 21.8 Å². The van der Waals surface area contributed by atoms with E-state index in [-0.39, 0.29) is 6.04 Å². The maximum atomic E-state index is 12.5. The zero-order valence-electron chi connectivity index (χ0n) is 13.6. The lowest BCUT2D eigenvalue weighted by molar-refractivity contribution is 0.445. The highest BCUT2D eigenvalue weighted by atomic mass is 32.2. The standard InChI is InChI=1S/C16H26N2O2S2/c1-4-18(5-2)22(19,20)16-8-6-14(7-9-16)13(3)17-15-10-11-21-12-15/h6-9,13,15,17H,4-5,10-12H2,1-3H3. The Labute approximate surface area is 138 Å². The molecule has 22 heavy (non-hydrogen) atoms. The highest BCUT2D eigenvalue weighted by molar-refractivity contribution is 7.99. The third-order valence-corrected chi connectivity index (χ3v) is 7.37. The van der Waals surface area contributed by atoms with Crippen LogP contribution in [-0.4, -0.2) is 43.4 Å². The van der Waals surface area contributed by atoms with Crippen molar-refractivity contribution < 1.29 is 8.42 Å². The Kier molecular flexibility index (Phi) is 6.32. The molecule has 0 aliphatic carbocycles. The number of hydrogen-bond acceptors (Lipinski definition) is 4. The third kappa shape index (κ3) is 4.04. The average Bonchev–Trinajstić information content (AvgIpc) is 3.01. The number of thioether (sulfide) groups is 1. The van der Waals surface area contributed by atoms with E-state index in [2.05, 4.69) is 12.2 Å². The summed E-state index contributed by atoms with van der Waals surface area (Å²) in [4.78, 5) is 0.378. The zero-order chi connectivity index (χ0) is 16.2. The molecule has 1 N–H and O–H groups in total. The first kappa shape index (κ1) is 17.8. The summed E-state index contributed by atoms with van der Waals surface area (Å²) in [5.41, 5.74) is 1.13. The van der Waals surface area contributed by atoms with Crippen LogP contribution in [0.2, 0.25) is 0 Å². The Hall–Kier alpha value is -0.560. The molecule has 1 fully saturated rings. The van der Waals surface area contributed by atoms with Crippen molar-refractivity contribution in [3.05, 3.63) is 29.8 Å². The van der Waals surface area contributed by atoms with E-state index >= 15 is 0 Å². The Morgan fingerprint density at radius 2 is 1.91 bits per heavy atom. The van der Waals surface area contributed by atoms with Crippen LogP contribution in [0.4, 0.5) is 0 Å². The van der Waals surface area contributed by atoms with Gasteiger partial charge in [0.1, 0.15) is 0 Å². The fourth-order valence-corrected chi connectivity index (χ4v) is 5.38. The second-order valence-electron chi connectivity index (χ2n) is 5.61. The van der Waals surface area contributed by atoms with E-state index in [4.69, 9.17) is 0 Å². The van der Waals surface area contributed by atoms with E-state index in [0.717, 1.165) is 5.56 Å². The van der Waals surface area contributed by atoms with Gasteiger partial charge >= 0.3 is 0 Å². The predicted octanol–water partition coefficient (Wildman–Crippen LogP) is 2.87. The summed E-state index contributed by atoms with van der Waals surface area (Å²) in [6, 6.07) is 8.12. The topological polar surface area (TPSA) is 49.4 Å². The summed E-state index contributed by atoms with van der Waals surface area (Å²) in [6.07, 6.45) is 1.21. The first-order valence-corrected chi connectivity index (χ1v) is 10.5. The molecule has 1 aliphatic heterocycles. The molecule has 0 radical (unpaired) electrons. The van der Waals surface area contributed by atoms with Crippen LogP contribution in [0.15, 0.2) is 29.2 Å². The number of rotatable bonds is 7. The second-order valence-corrected chi connectivity index (χ2v) is 8.69. The number of nitrogens with zero attached hydrogens (tertiary/aromatic N) is 1. The van der Waals surface area contributed by atoms with E-state index < -0.39 is 10.0 Å².